The van der Waals surface area contributed by atoms with Gasteiger partial charge in [0.1, 0.15) is 22.2 Å². The third-order valence-corrected chi connectivity index (χ3v) is 5.99. The van der Waals surface area contributed by atoms with Gasteiger partial charge in [-0.3, -0.25) is 10.1 Å². The molecule has 0 bridgehead atoms. The molecule has 2 aliphatic heterocycles. The predicted octanol–water partition coefficient (Wildman–Crippen LogP) is 6.43. The van der Waals surface area contributed by atoms with E-state index in [1.807, 2.05) is 4.90 Å². The summed E-state index contributed by atoms with van der Waals surface area (Å²) >= 11 is 10.6. The fraction of sp³-hybridized carbons (Fsp3) is 0.500. The molecular formula is C20H22Cl4F4N6O2Sn. The van der Waals surface area contributed by atoms with Gasteiger partial charge in [-0.05, 0) is 0 Å². The second-order valence-electron chi connectivity index (χ2n) is 8.08. The Kier molecular flexibility index (Phi) is 12.3. The van der Waals surface area contributed by atoms with Gasteiger partial charge in [0.2, 0.25) is 0 Å². The van der Waals surface area contributed by atoms with Gasteiger partial charge in [0, 0.05) is 64.0 Å². The van der Waals surface area contributed by atoms with E-state index in [2.05, 4.69) is 9.97 Å². The van der Waals surface area contributed by atoms with Crippen molar-refractivity contribution < 1.29 is 22.5 Å². The number of nitrogens with two attached hydrogens (primary N) is 1. The summed E-state index contributed by atoms with van der Waals surface area (Å²) in [5, 5.41) is 11.3. The van der Waals surface area contributed by atoms with Gasteiger partial charge in [-0.25, -0.2) is 27.5 Å². The third kappa shape index (κ3) is 10.1. The first kappa shape index (κ1) is 32.0. The van der Waals surface area contributed by atoms with Crippen LogP contribution in [0.1, 0.15) is 25.7 Å². The number of rotatable bonds is 3. The number of hydrogen-bond acceptors (Lipinski definition) is 7. The number of anilines is 3. The molecule has 0 unspecified atom stereocenters. The number of alkyl halides is 4. The van der Waals surface area contributed by atoms with Gasteiger partial charge < -0.3 is 15.5 Å². The van der Waals surface area contributed by atoms with E-state index in [1.165, 1.54) is 12.3 Å². The summed E-state index contributed by atoms with van der Waals surface area (Å²) in [7, 11) is 9.87. The molecule has 4 rings (SSSR count). The average molecular weight is 715 g/mol. The van der Waals surface area contributed by atoms with Crippen LogP contribution in [0.5, 0.6) is 0 Å². The molecular weight excluding hydrogens is 693 g/mol. The number of hydrogen-bond donors (Lipinski definition) is 1. The number of nitrogens with zero attached hydrogens (tertiary/aromatic N) is 5. The molecule has 2 aliphatic rings. The van der Waals surface area contributed by atoms with Crippen molar-refractivity contribution >= 4 is 82.7 Å². The molecule has 0 saturated carbocycles. The summed E-state index contributed by atoms with van der Waals surface area (Å²) in [6, 6.07) is 2.95. The normalized spacial score (nSPS) is 18.2. The van der Waals surface area contributed by atoms with Crippen molar-refractivity contribution in [2.75, 3.05) is 41.7 Å². The monoisotopic (exact) mass is 714 g/mol. The van der Waals surface area contributed by atoms with Gasteiger partial charge in [-0.15, -0.1) is 0 Å². The van der Waals surface area contributed by atoms with E-state index in [9.17, 15) is 27.7 Å². The molecule has 37 heavy (non-hydrogen) atoms. The molecule has 17 heteroatoms. The number of halogens is 8. The van der Waals surface area contributed by atoms with Crippen molar-refractivity contribution in [2.24, 2.45) is 0 Å². The second-order valence-corrected chi connectivity index (χ2v) is 13.1. The molecule has 0 atom stereocenters. The summed E-state index contributed by atoms with van der Waals surface area (Å²) in [6.45, 7) is 0.706. The molecule has 2 radical (unpaired) electrons. The van der Waals surface area contributed by atoms with Crippen LogP contribution in [0.4, 0.5) is 40.3 Å². The van der Waals surface area contributed by atoms with E-state index >= 15 is 0 Å². The van der Waals surface area contributed by atoms with Crippen LogP contribution in [0.2, 0.25) is 10.3 Å². The predicted molar refractivity (Wildman–Crippen MR) is 140 cm³/mol. The maximum atomic E-state index is 13.0. The summed E-state index contributed by atoms with van der Waals surface area (Å²) in [5.74, 6) is -5.25. The molecule has 2 aromatic heterocycles. The molecule has 2 aromatic rings. The zero-order valence-electron chi connectivity index (χ0n) is 19.1. The van der Waals surface area contributed by atoms with E-state index in [0.29, 0.717) is 16.5 Å². The topological polar surface area (TPSA) is 101 Å². The Labute approximate surface area is 238 Å². The van der Waals surface area contributed by atoms with Crippen LogP contribution in [0.15, 0.2) is 24.5 Å². The first-order valence-electron chi connectivity index (χ1n) is 10.7. The Hall–Kier alpha value is -1.22. The molecule has 0 spiro atoms. The van der Waals surface area contributed by atoms with Gasteiger partial charge in [0.05, 0.1) is 22.5 Å². The molecule has 0 aliphatic carbocycles. The molecule has 204 valence electrons. The first-order valence-corrected chi connectivity index (χ1v) is 18.7. The summed E-state index contributed by atoms with van der Waals surface area (Å²) in [5.41, 5.74) is 6.92. The zero-order chi connectivity index (χ0) is 27.8. The van der Waals surface area contributed by atoms with E-state index in [1.54, 1.807) is 11.0 Å². The van der Waals surface area contributed by atoms with Crippen LogP contribution in [0.25, 0.3) is 0 Å². The second kappa shape index (κ2) is 14.2. The van der Waals surface area contributed by atoms with Gasteiger partial charge in [-0.2, -0.15) is 0 Å². The van der Waals surface area contributed by atoms with Crippen LogP contribution in [-0.4, -0.2) is 71.8 Å². The number of nitrogen functional groups attached to an aromatic ring is 1. The Balaban J connectivity index is 0.000000237. The van der Waals surface area contributed by atoms with Crippen LogP contribution >= 0.6 is 41.0 Å². The zero-order valence-corrected chi connectivity index (χ0v) is 25.0. The number of nitro groups is 1. The van der Waals surface area contributed by atoms with Gasteiger partial charge in [0.15, 0.2) is 0 Å². The molecule has 0 amide bonds. The molecule has 8 nitrogen and oxygen atoms in total. The van der Waals surface area contributed by atoms with Crippen molar-refractivity contribution in [3.05, 3.63) is 44.9 Å². The maximum absolute atomic E-state index is 13.0. The summed E-state index contributed by atoms with van der Waals surface area (Å²) < 4.78 is 52.0. The quantitative estimate of drug-likeness (QED) is 0.129. The number of pyridine rings is 2. The average Bonchev–Trinajstić information content (AvgIpc) is 2.81. The minimum atomic E-state index is -2.69. The van der Waals surface area contributed by atoms with Crippen molar-refractivity contribution in [1.29, 1.82) is 0 Å². The third-order valence-electron chi connectivity index (χ3n) is 5.57. The van der Waals surface area contributed by atoms with Gasteiger partial charge in [-0.1, -0.05) is 23.2 Å². The summed E-state index contributed by atoms with van der Waals surface area (Å²) in [4.78, 5) is 21.1. The van der Waals surface area contributed by atoms with Crippen molar-refractivity contribution in [3.8, 4) is 0 Å². The molecule has 0 aromatic carbocycles. The van der Waals surface area contributed by atoms with E-state index in [0.717, 1.165) is 6.20 Å². The Morgan fingerprint density at radius 3 is 1.68 bits per heavy atom. The minimum absolute atomic E-state index is 0.0637. The SMILES string of the molecule is Nc1cnc(Cl)cc1N1CCC(F)(F)CC1.O=[N+]([O-])c1cnc(Cl)cc1N1CCC(F)(F)CC1.[Cl][Sn][Cl]. The van der Waals surface area contributed by atoms with Crippen LogP contribution in [0, 0.1) is 10.1 Å². The van der Waals surface area contributed by atoms with E-state index in [-0.39, 0.29) is 68.4 Å². The first-order chi connectivity index (χ1) is 17.3. The van der Waals surface area contributed by atoms with Crippen molar-refractivity contribution in [2.45, 2.75) is 37.5 Å². The Morgan fingerprint density at radius 1 is 0.865 bits per heavy atom. The van der Waals surface area contributed by atoms with Crippen molar-refractivity contribution in [3.63, 3.8) is 0 Å². The number of aromatic nitrogens is 2. The Morgan fingerprint density at radius 2 is 1.24 bits per heavy atom. The van der Waals surface area contributed by atoms with Crippen LogP contribution in [-0.2, 0) is 0 Å². The molecule has 4 heterocycles. The van der Waals surface area contributed by atoms with Crippen LogP contribution < -0.4 is 15.5 Å². The molecule has 2 N–H and O–H groups in total. The van der Waals surface area contributed by atoms with Gasteiger partial charge in [0.25, 0.3) is 11.8 Å². The fourth-order valence-electron chi connectivity index (χ4n) is 3.66. The summed E-state index contributed by atoms with van der Waals surface area (Å²) in [6.07, 6.45) is 1.57. The van der Waals surface area contributed by atoms with Crippen molar-refractivity contribution in [1.82, 2.24) is 9.97 Å². The van der Waals surface area contributed by atoms with Crippen LogP contribution in [0.3, 0.4) is 0 Å². The fourth-order valence-corrected chi connectivity index (χ4v) is 3.97. The molecule has 2 saturated heterocycles. The standard InChI is InChI=1S/C10H10ClF2N3O2.C10H12ClF2N3.2ClH.Sn/c11-9-5-7(8(6-14-9)16(17)18)15-3-1-10(12,13)2-4-15;11-9-5-8(7(14)6-15-9)16-3-1-10(12,13)2-4-16;;;/h5-6H,1-4H2;5-6H,1-4,14H2;2*1H;/q;;;;+2/p-2. The number of piperidine rings is 2. The molecule has 2 fully saturated rings. The van der Waals surface area contributed by atoms with E-state index in [4.69, 9.17) is 46.8 Å². The van der Waals surface area contributed by atoms with Gasteiger partial charge >= 0.3 is 42.4 Å². The Bertz CT molecular complexity index is 1060. The van der Waals surface area contributed by atoms with E-state index < -0.39 is 35.7 Å².